The minimum Gasteiger partial charge on any atom is -0.384 e. The van der Waals surface area contributed by atoms with Crippen LogP contribution < -0.4 is 5.32 Å². The Morgan fingerprint density at radius 3 is 2.95 bits per heavy atom. The van der Waals surface area contributed by atoms with E-state index < -0.39 is 0 Å². The number of rotatable bonds is 6. The van der Waals surface area contributed by atoms with Gasteiger partial charge in [0.15, 0.2) is 0 Å². The molecule has 0 aromatic heterocycles. The van der Waals surface area contributed by atoms with Crippen molar-refractivity contribution in [3.8, 4) is 11.8 Å². The Hall–Kier alpha value is -1.83. The Balaban J connectivity index is 1.85. The Morgan fingerprint density at radius 1 is 1.48 bits per heavy atom. The van der Waals surface area contributed by atoms with Gasteiger partial charge in [0.1, 0.15) is 6.61 Å². The van der Waals surface area contributed by atoms with E-state index in [0.29, 0.717) is 12.1 Å². The van der Waals surface area contributed by atoms with E-state index in [4.69, 9.17) is 5.11 Å². The van der Waals surface area contributed by atoms with Crippen molar-refractivity contribution >= 4 is 5.91 Å². The van der Waals surface area contributed by atoms with Gasteiger partial charge < -0.3 is 10.4 Å². The second kappa shape index (κ2) is 7.82. The van der Waals surface area contributed by atoms with Gasteiger partial charge >= 0.3 is 0 Å². The first kappa shape index (κ1) is 15.6. The number of hydrogen-bond acceptors (Lipinski definition) is 3. The average molecular weight is 286 g/mol. The lowest BCUT2D eigenvalue weighted by atomic mass is 10.1. The van der Waals surface area contributed by atoms with Crippen LogP contribution in [0.15, 0.2) is 24.3 Å². The molecule has 4 heteroatoms. The van der Waals surface area contributed by atoms with E-state index in [1.165, 1.54) is 12.8 Å². The van der Waals surface area contributed by atoms with Gasteiger partial charge in [0.2, 0.25) is 0 Å². The molecule has 0 bridgehead atoms. The first-order valence-electron chi connectivity index (χ1n) is 7.46. The molecule has 0 spiro atoms. The molecule has 1 aliphatic rings. The molecule has 1 aromatic rings. The lowest BCUT2D eigenvalue weighted by Gasteiger charge is -2.19. The summed E-state index contributed by atoms with van der Waals surface area (Å²) in [5.41, 5.74) is 1.35. The number of likely N-dealkylation sites (N-methyl/N-ethyl adjacent to an activating group) is 1. The highest BCUT2D eigenvalue weighted by Crippen LogP contribution is 2.25. The second-order valence-corrected chi connectivity index (χ2v) is 5.16. The van der Waals surface area contributed by atoms with Gasteiger partial charge in [-0.05, 0) is 37.6 Å². The predicted molar refractivity (Wildman–Crippen MR) is 83.0 cm³/mol. The number of benzene rings is 1. The molecule has 0 heterocycles. The summed E-state index contributed by atoms with van der Waals surface area (Å²) in [6, 6.07) is 7.88. The molecule has 0 aliphatic heterocycles. The lowest BCUT2D eigenvalue weighted by molar-refractivity contribution is 0.0948. The summed E-state index contributed by atoms with van der Waals surface area (Å²) in [7, 11) is 0. The topological polar surface area (TPSA) is 52.6 Å². The van der Waals surface area contributed by atoms with Crippen LogP contribution in [0.2, 0.25) is 0 Å². The number of aliphatic hydroxyl groups is 1. The smallest absolute Gasteiger partial charge is 0.251 e. The number of carbonyl (C=O) groups is 1. The normalized spacial score (nSPS) is 13.7. The average Bonchev–Trinajstić information content (AvgIpc) is 3.34. The molecule has 1 aliphatic carbocycles. The number of carbonyl (C=O) groups excluding carboxylic acids is 1. The van der Waals surface area contributed by atoms with Gasteiger partial charge in [-0.2, -0.15) is 0 Å². The van der Waals surface area contributed by atoms with E-state index in [0.717, 1.165) is 24.7 Å². The van der Waals surface area contributed by atoms with E-state index >= 15 is 0 Å². The quantitative estimate of drug-likeness (QED) is 0.774. The van der Waals surface area contributed by atoms with Gasteiger partial charge in [0.05, 0.1) is 0 Å². The predicted octanol–water partition coefficient (Wildman–Crippen LogP) is 1.24. The third kappa shape index (κ3) is 4.89. The Kier molecular flexibility index (Phi) is 5.79. The van der Waals surface area contributed by atoms with E-state index in [1.807, 2.05) is 6.07 Å². The summed E-state index contributed by atoms with van der Waals surface area (Å²) in [6.07, 6.45) is 2.57. The molecule has 0 saturated heterocycles. The van der Waals surface area contributed by atoms with E-state index in [2.05, 4.69) is 29.0 Å². The molecule has 2 N–H and O–H groups in total. The van der Waals surface area contributed by atoms with Gasteiger partial charge in [-0.1, -0.05) is 24.8 Å². The van der Waals surface area contributed by atoms with Crippen molar-refractivity contribution in [3.63, 3.8) is 0 Å². The fourth-order valence-corrected chi connectivity index (χ4v) is 2.33. The van der Waals surface area contributed by atoms with Gasteiger partial charge in [-0.15, -0.1) is 0 Å². The van der Waals surface area contributed by atoms with Gasteiger partial charge in [0.25, 0.3) is 5.91 Å². The van der Waals surface area contributed by atoms with Crippen LogP contribution in [0.5, 0.6) is 0 Å². The van der Waals surface area contributed by atoms with Crippen LogP contribution in [-0.4, -0.2) is 48.2 Å². The molecule has 1 aromatic carbocycles. The first-order chi connectivity index (χ1) is 10.2. The molecule has 1 fully saturated rings. The molecular formula is C17H22N2O2. The SMILES string of the molecule is CCN(CCNC(=O)c1cccc(C#CCO)c1)C1CC1. The van der Waals surface area contributed by atoms with Crippen molar-refractivity contribution in [1.82, 2.24) is 10.2 Å². The van der Waals surface area contributed by atoms with Gasteiger partial charge in [-0.25, -0.2) is 0 Å². The number of amides is 1. The molecule has 1 amide bonds. The van der Waals surface area contributed by atoms with E-state index in [9.17, 15) is 4.79 Å². The van der Waals surface area contributed by atoms with Crippen molar-refractivity contribution in [1.29, 1.82) is 0 Å². The van der Waals surface area contributed by atoms with Crippen LogP contribution >= 0.6 is 0 Å². The Bertz CT molecular complexity index is 541. The molecule has 21 heavy (non-hydrogen) atoms. The van der Waals surface area contributed by atoms with Crippen LogP contribution in [0.25, 0.3) is 0 Å². The third-order valence-corrected chi connectivity index (χ3v) is 3.59. The van der Waals surface area contributed by atoms with Crippen molar-refractivity contribution < 1.29 is 9.90 Å². The van der Waals surface area contributed by atoms with Gasteiger partial charge in [0, 0.05) is 30.3 Å². The van der Waals surface area contributed by atoms with Crippen molar-refractivity contribution in [3.05, 3.63) is 35.4 Å². The summed E-state index contributed by atoms with van der Waals surface area (Å²) in [5, 5.41) is 11.6. The third-order valence-electron chi connectivity index (χ3n) is 3.59. The molecular weight excluding hydrogens is 264 g/mol. The maximum atomic E-state index is 12.1. The molecule has 112 valence electrons. The van der Waals surface area contributed by atoms with Crippen LogP contribution in [0.3, 0.4) is 0 Å². The standard InChI is InChI=1S/C17H22N2O2/c1-2-19(16-8-9-16)11-10-18-17(21)15-7-3-5-14(13-15)6-4-12-20/h3,5,7,13,16,20H,2,8-12H2,1H3,(H,18,21). The summed E-state index contributed by atoms with van der Waals surface area (Å²) >= 11 is 0. The molecule has 0 atom stereocenters. The Labute approximate surface area is 126 Å². The lowest BCUT2D eigenvalue weighted by Crippen LogP contribution is -2.36. The zero-order chi connectivity index (χ0) is 15.1. The summed E-state index contributed by atoms with van der Waals surface area (Å²) in [4.78, 5) is 14.5. The largest absolute Gasteiger partial charge is 0.384 e. The number of nitrogens with one attached hydrogen (secondary N) is 1. The summed E-state index contributed by atoms with van der Waals surface area (Å²) in [5.74, 6) is 5.32. The summed E-state index contributed by atoms with van der Waals surface area (Å²) in [6.45, 7) is 4.58. The number of aliphatic hydroxyl groups excluding tert-OH is 1. The maximum Gasteiger partial charge on any atom is 0.251 e. The monoisotopic (exact) mass is 286 g/mol. The van der Waals surface area contributed by atoms with E-state index in [-0.39, 0.29) is 12.5 Å². The zero-order valence-electron chi connectivity index (χ0n) is 12.4. The maximum absolute atomic E-state index is 12.1. The van der Waals surface area contributed by atoms with Crippen molar-refractivity contribution in [2.45, 2.75) is 25.8 Å². The van der Waals surface area contributed by atoms with Crippen molar-refractivity contribution in [2.24, 2.45) is 0 Å². The first-order valence-corrected chi connectivity index (χ1v) is 7.46. The van der Waals surface area contributed by atoms with Crippen LogP contribution in [0.4, 0.5) is 0 Å². The molecule has 1 saturated carbocycles. The van der Waals surface area contributed by atoms with Crippen LogP contribution in [0, 0.1) is 11.8 Å². The zero-order valence-corrected chi connectivity index (χ0v) is 12.4. The summed E-state index contributed by atoms with van der Waals surface area (Å²) < 4.78 is 0. The second-order valence-electron chi connectivity index (χ2n) is 5.16. The van der Waals surface area contributed by atoms with Crippen LogP contribution in [0.1, 0.15) is 35.7 Å². The minimum absolute atomic E-state index is 0.0745. The highest BCUT2D eigenvalue weighted by Gasteiger charge is 2.27. The fraction of sp³-hybridized carbons (Fsp3) is 0.471. The molecule has 2 rings (SSSR count). The fourth-order valence-electron chi connectivity index (χ4n) is 2.33. The van der Waals surface area contributed by atoms with Crippen molar-refractivity contribution in [2.75, 3.05) is 26.2 Å². The van der Waals surface area contributed by atoms with Crippen LogP contribution in [-0.2, 0) is 0 Å². The molecule has 0 unspecified atom stereocenters. The number of hydrogen-bond donors (Lipinski definition) is 2. The minimum atomic E-state index is -0.176. The number of nitrogens with zero attached hydrogens (tertiary/aromatic N) is 1. The highest BCUT2D eigenvalue weighted by molar-refractivity contribution is 5.94. The van der Waals surface area contributed by atoms with Gasteiger partial charge in [-0.3, -0.25) is 9.69 Å². The molecule has 0 radical (unpaired) electrons. The Morgan fingerprint density at radius 2 is 2.29 bits per heavy atom. The molecule has 4 nitrogen and oxygen atoms in total. The highest BCUT2D eigenvalue weighted by atomic mass is 16.2. The van der Waals surface area contributed by atoms with E-state index in [1.54, 1.807) is 18.2 Å².